The number of anilines is 1. The van der Waals surface area contributed by atoms with E-state index in [1.165, 1.54) is 0 Å². The Hall–Kier alpha value is -3.44. The van der Waals surface area contributed by atoms with Gasteiger partial charge in [0.1, 0.15) is 5.75 Å². The van der Waals surface area contributed by atoms with Crippen molar-refractivity contribution in [2.75, 3.05) is 12.0 Å². The number of benzene rings is 3. The standard InChI is InChI=1S/C25H23NO4/c1-17-7-9-18(10-8-17)16-26-22-6-4-3-5-21(22)25(29,24(26)28)15-23(27)19-11-13-20(30-2)14-12-19/h3-14,29H,15-16H2,1-2H3. The molecule has 4 rings (SSSR count). The smallest absolute Gasteiger partial charge is 0.264 e. The lowest BCUT2D eigenvalue weighted by atomic mass is 9.88. The van der Waals surface area contributed by atoms with Crippen LogP contribution in [0.15, 0.2) is 72.8 Å². The molecule has 5 heteroatoms. The van der Waals surface area contributed by atoms with Crippen molar-refractivity contribution in [2.24, 2.45) is 0 Å². The van der Waals surface area contributed by atoms with Crippen LogP contribution in [0.1, 0.15) is 33.5 Å². The van der Waals surface area contributed by atoms with Gasteiger partial charge in [-0.15, -0.1) is 0 Å². The first-order valence-electron chi connectivity index (χ1n) is 9.79. The zero-order chi connectivity index (χ0) is 21.3. The fourth-order valence-corrected chi connectivity index (χ4v) is 3.82. The van der Waals surface area contributed by atoms with Gasteiger partial charge in [-0.25, -0.2) is 0 Å². The third kappa shape index (κ3) is 3.48. The second kappa shape index (κ2) is 7.76. The molecule has 0 saturated heterocycles. The van der Waals surface area contributed by atoms with E-state index in [2.05, 4.69) is 0 Å². The van der Waals surface area contributed by atoms with Crippen molar-refractivity contribution in [3.8, 4) is 5.75 Å². The maximum absolute atomic E-state index is 13.3. The summed E-state index contributed by atoms with van der Waals surface area (Å²) in [7, 11) is 1.55. The maximum Gasteiger partial charge on any atom is 0.264 e. The van der Waals surface area contributed by atoms with E-state index in [1.54, 1.807) is 54.5 Å². The topological polar surface area (TPSA) is 66.8 Å². The van der Waals surface area contributed by atoms with Crippen LogP contribution in [0.5, 0.6) is 5.75 Å². The number of ether oxygens (including phenoxy) is 1. The molecule has 0 aromatic heterocycles. The van der Waals surface area contributed by atoms with Crippen molar-refractivity contribution in [1.29, 1.82) is 0 Å². The molecule has 0 saturated carbocycles. The number of Topliss-reactive ketones (excluding diaryl/α,β-unsaturated/α-hetero) is 1. The number of hydrogen-bond acceptors (Lipinski definition) is 4. The number of amides is 1. The van der Waals surface area contributed by atoms with Crippen molar-refractivity contribution < 1.29 is 19.4 Å². The molecule has 152 valence electrons. The highest BCUT2D eigenvalue weighted by atomic mass is 16.5. The van der Waals surface area contributed by atoms with Gasteiger partial charge in [0, 0.05) is 11.1 Å². The summed E-state index contributed by atoms with van der Waals surface area (Å²) in [5, 5.41) is 11.4. The molecule has 0 fully saturated rings. The summed E-state index contributed by atoms with van der Waals surface area (Å²) in [6, 6.07) is 21.7. The molecule has 1 aliphatic heterocycles. The predicted octanol–water partition coefficient (Wildman–Crippen LogP) is 4.01. The van der Waals surface area contributed by atoms with Gasteiger partial charge in [-0.05, 0) is 42.8 Å². The molecule has 1 heterocycles. The van der Waals surface area contributed by atoms with Gasteiger partial charge in [0.05, 0.1) is 25.8 Å². The molecule has 0 bridgehead atoms. The number of aryl methyl sites for hydroxylation is 1. The average molecular weight is 401 g/mol. The molecule has 0 spiro atoms. The number of para-hydroxylation sites is 1. The summed E-state index contributed by atoms with van der Waals surface area (Å²) in [5.41, 5.74) is 1.71. The summed E-state index contributed by atoms with van der Waals surface area (Å²) in [6.07, 6.45) is -0.320. The van der Waals surface area contributed by atoms with Crippen LogP contribution < -0.4 is 9.64 Å². The molecule has 3 aromatic rings. The molecular formula is C25H23NO4. The Labute approximate surface area is 175 Å². The monoisotopic (exact) mass is 401 g/mol. The van der Waals surface area contributed by atoms with E-state index < -0.39 is 11.5 Å². The van der Waals surface area contributed by atoms with Crippen LogP contribution in [-0.2, 0) is 16.9 Å². The lowest BCUT2D eigenvalue weighted by Crippen LogP contribution is -2.41. The Morgan fingerprint density at radius 3 is 2.33 bits per heavy atom. The fraction of sp³-hybridized carbons (Fsp3) is 0.200. The highest BCUT2D eigenvalue weighted by Crippen LogP contribution is 2.43. The summed E-state index contributed by atoms with van der Waals surface area (Å²) >= 11 is 0. The summed E-state index contributed by atoms with van der Waals surface area (Å²) < 4.78 is 5.12. The summed E-state index contributed by atoms with van der Waals surface area (Å²) in [4.78, 5) is 27.8. The van der Waals surface area contributed by atoms with Crippen LogP contribution in [0, 0.1) is 6.92 Å². The Bertz CT molecular complexity index is 1090. The number of ketones is 1. The number of rotatable bonds is 6. The fourth-order valence-electron chi connectivity index (χ4n) is 3.82. The third-order valence-electron chi connectivity index (χ3n) is 5.53. The van der Waals surface area contributed by atoms with Crippen molar-refractivity contribution in [3.63, 3.8) is 0 Å². The van der Waals surface area contributed by atoms with Crippen LogP contribution in [0.25, 0.3) is 0 Å². The minimum absolute atomic E-state index is 0.305. The highest BCUT2D eigenvalue weighted by Gasteiger charge is 2.50. The number of aliphatic hydroxyl groups is 1. The third-order valence-corrected chi connectivity index (χ3v) is 5.53. The van der Waals surface area contributed by atoms with Gasteiger partial charge in [0.25, 0.3) is 5.91 Å². The van der Waals surface area contributed by atoms with Gasteiger partial charge in [-0.2, -0.15) is 0 Å². The second-order valence-corrected chi connectivity index (χ2v) is 7.58. The lowest BCUT2D eigenvalue weighted by molar-refractivity contribution is -0.136. The van der Waals surface area contributed by atoms with E-state index in [0.717, 1.165) is 11.1 Å². The molecule has 1 N–H and O–H groups in total. The van der Waals surface area contributed by atoms with Gasteiger partial charge in [0.2, 0.25) is 0 Å². The van der Waals surface area contributed by atoms with Gasteiger partial charge in [-0.1, -0.05) is 48.0 Å². The van der Waals surface area contributed by atoms with Crippen molar-refractivity contribution >= 4 is 17.4 Å². The average Bonchev–Trinajstić information content (AvgIpc) is 2.97. The molecule has 3 aromatic carbocycles. The van der Waals surface area contributed by atoms with Crippen molar-refractivity contribution in [3.05, 3.63) is 95.1 Å². The molecule has 0 aliphatic carbocycles. The largest absolute Gasteiger partial charge is 0.497 e. The van der Waals surface area contributed by atoms with Crippen LogP contribution in [0.4, 0.5) is 5.69 Å². The second-order valence-electron chi connectivity index (χ2n) is 7.58. The van der Waals surface area contributed by atoms with E-state index in [4.69, 9.17) is 4.74 Å². The van der Waals surface area contributed by atoms with Crippen LogP contribution in [0.3, 0.4) is 0 Å². The predicted molar refractivity (Wildman–Crippen MR) is 115 cm³/mol. The molecule has 1 aliphatic rings. The first-order valence-corrected chi connectivity index (χ1v) is 9.79. The number of fused-ring (bicyclic) bond motifs is 1. The van der Waals surface area contributed by atoms with Gasteiger partial charge >= 0.3 is 0 Å². The van der Waals surface area contributed by atoms with E-state index in [-0.39, 0.29) is 12.2 Å². The first kappa shape index (κ1) is 19.9. The molecule has 1 atom stereocenters. The van der Waals surface area contributed by atoms with Gasteiger partial charge in [0.15, 0.2) is 11.4 Å². The van der Waals surface area contributed by atoms with Crippen molar-refractivity contribution in [1.82, 2.24) is 0 Å². The molecule has 5 nitrogen and oxygen atoms in total. The van der Waals surface area contributed by atoms with Crippen molar-refractivity contribution in [2.45, 2.75) is 25.5 Å². The van der Waals surface area contributed by atoms with Crippen LogP contribution >= 0.6 is 0 Å². The first-order chi connectivity index (χ1) is 14.4. The number of methoxy groups -OCH3 is 1. The Morgan fingerprint density at radius 2 is 1.67 bits per heavy atom. The number of hydrogen-bond donors (Lipinski definition) is 1. The minimum Gasteiger partial charge on any atom is -0.497 e. The highest BCUT2D eigenvalue weighted by molar-refractivity contribution is 6.10. The van der Waals surface area contributed by atoms with E-state index in [0.29, 0.717) is 29.1 Å². The number of carbonyl (C=O) groups is 2. The minimum atomic E-state index is -1.89. The molecular weight excluding hydrogens is 378 g/mol. The zero-order valence-electron chi connectivity index (χ0n) is 17.0. The molecule has 0 radical (unpaired) electrons. The maximum atomic E-state index is 13.3. The Kier molecular flexibility index (Phi) is 5.14. The van der Waals surface area contributed by atoms with E-state index in [1.807, 2.05) is 37.3 Å². The van der Waals surface area contributed by atoms with Gasteiger partial charge in [-0.3, -0.25) is 9.59 Å². The molecule has 30 heavy (non-hydrogen) atoms. The summed E-state index contributed by atoms with van der Waals surface area (Å²) in [5.74, 6) is -0.150. The zero-order valence-corrected chi connectivity index (χ0v) is 17.0. The summed E-state index contributed by atoms with van der Waals surface area (Å²) in [6.45, 7) is 2.33. The molecule has 1 amide bonds. The number of carbonyl (C=O) groups excluding carboxylic acids is 2. The van der Waals surface area contributed by atoms with Gasteiger partial charge < -0.3 is 14.7 Å². The normalized spacial score (nSPS) is 17.7. The van der Waals surface area contributed by atoms with E-state index >= 15 is 0 Å². The Balaban J connectivity index is 1.64. The van der Waals surface area contributed by atoms with Crippen LogP contribution in [0.2, 0.25) is 0 Å². The Morgan fingerprint density at radius 1 is 1.00 bits per heavy atom. The SMILES string of the molecule is COc1ccc(C(=O)CC2(O)C(=O)N(Cc3ccc(C)cc3)c3ccccc32)cc1. The quantitative estimate of drug-likeness (QED) is 0.634. The molecule has 1 unspecified atom stereocenters. The van der Waals surface area contributed by atoms with Crippen LogP contribution in [-0.4, -0.2) is 23.9 Å². The van der Waals surface area contributed by atoms with E-state index in [9.17, 15) is 14.7 Å². The number of nitrogens with zero attached hydrogens (tertiary/aromatic N) is 1. The lowest BCUT2D eigenvalue weighted by Gasteiger charge is -2.23.